The Bertz CT molecular complexity index is 457. The second-order valence-electron chi connectivity index (χ2n) is 6.03. The predicted octanol–water partition coefficient (Wildman–Crippen LogP) is 2.29. The molecule has 1 aromatic heterocycles. The smallest absolute Gasteiger partial charge is 0.148 e. The minimum Gasteiger partial charge on any atom is -0.359 e. The van der Waals surface area contributed by atoms with Gasteiger partial charge in [-0.05, 0) is 25.2 Å². The average Bonchev–Trinajstić information content (AvgIpc) is 3.04. The Balaban J connectivity index is 2.28. The Labute approximate surface area is 115 Å². The number of nitrogens with one attached hydrogen (secondary N) is 1. The first kappa shape index (κ1) is 14.1. The second-order valence-corrected chi connectivity index (χ2v) is 6.03. The van der Waals surface area contributed by atoms with Gasteiger partial charge in [-0.15, -0.1) is 0 Å². The van der Waals surface area contributed by atoms with Crippen molar-refractivity contribution >= 4 is 11.6 Å². The molecule has 0 spiro atoms. The molecule has 0 saturated heterocycles. The van der Waals surface area contributed by atoms with Gasteiger partial charge >= 0.3 is 0 Å². The fourth-order valence-electron chi connectivity index (χ4n) is 2.38. The molecule has 3 N–H and O–H groups in total. The Morgan fingerprint density at radius 2 is 2.05 bits per heavy atom. The van der Waals surface area contributed by atoms with Gasteiger partial charge in [0.05, 0.1) is 0 Å². The van der Waals surface area contributed by atoms with E-state index < -0.39 is 0 Å². The SMILES string of the molecule is Cc1c(NN)nc(C(C)C)nc1N(C)CC1CC1C. The lowest BCUT2D eigenvalue weighted by atomic mass is 10.2. The van der Waals surface area contributed by atoms with Crippen LogP contribution in [0, 0.1) is 18.8 Å². The lowest BCUT2D eigenvalue weighted by Gasteiger charge is -2.22. The number of nitrogens with two attached hydrogens (primary N) is 1. The molecule has 106 valence electrons. The van der Waals surface area contributed by atoms with E-state index in [0.29, 0.717) is 5.92 Å². The zero-order valence-corrected chi connectivity index (χ0v) is 12.6. The van der Waals surface area contributed by atoms with E-state index in [1.165, 1.54) is 6.42 Å². The highest BCUT2D eigenvalue weighted by atomic mass is 15.3. The lowest BCUT2D eigenvalue weighted by molar-refractivity contribution is 0.705. The Morgan fingerprint density at radius 1 is 1.42 bits per heavy atom. The fourth-order valence-corrected chi connectivity index (χ4v) is 2.38. The van der Waals surface area contributed by atoms with Gasteiger partial charge in [0.15, 0.2) is 0 Å². The highest BCUT2D eigenvalue weighted by Crippen LogP contribution is 2.39. The van der Waals surface area contributed by atoms with E-state index in [9.17, 15) is 0 Å². The molecule has 0 aromatic carbocycles. The summed E-state index contributed by atoms with van der Waals surface area (Å²) in [5.74, 6) is 10.1. The van der Waals surface area contributed by atoms with Crippen LogP contribution < -0.4 is 16.2 Å². The maximum atomic E-state index is 5.57. The van der Waals surface area contributed by atoms with Crippen molar-refractivity contribution in [2.24, 2.45) is 17.7 Å². The van der Waals surface area contributed by atoms with E-state index in [-0.39, 0.29) is 0 Å². The van der Waals surface area contributed by atoms with Crippen molar-refractivity contribution in [1.82, 2.24) is 9.97 Å². The first-order chi connectivity index (χ1) is 8.93. The predicted molar refractivity (Wildman–Crippen MR) is 79.2 cm³/mol. The number of hydrazine groups is 1. The number of anilines is 2. The highest BCUT2D eigenvalue weighted by Gasteiger charge is 2.34. The van der Waals surface area contributed by atoms with Crippen LogP contribution in [-0.2, 0) is 0 Å². The Kier molecular flexibility index (Phi) is 3.94. The van der Waals surface area contributed by atoms with Crippen LogP contribution in [0.25, 0.3) is 0 Å². The Hall–Kier alpha value is -1.36. The van der Waals surface area contributed by atoms with Gasteiger partial charge in [-0.2, -0.15) is 0 Å². The van der Waals surface area contributed by atoms with Gasteiger partial charge in [-0.1, -0.05) is 20.8 Å². The van der Waals surface area contributed by atoms with Gasteiger partial charge in [-0.3, -0.25) is 0 Å². The first-order valence-corrected chi connectivity index (χ1v) is 7.00. The van der Waals surface area contributed by atoms with Crippen LogP contribution in [0.5, 0.6) is 0 Å². The van der Waals surface area contributed by atoms with E-state index >= 15 is 0 Å². The molecule has 5 heteroatoms. The highest BCUT2D eigenvalue weighted by molar-refractivity contribution is 5.58. The minimum absolute atomic E-state index is 0.291. The number of rotatable bonds is 5. The minimum atomic E-state index is 0.291. The van der Waals surface area contributed by atoms with Crippen LogP contribution in [0.2, 0.25) is 0 Å². The zero-order valence-electron chi connectivity index (χ0n) is 12.6. The molecule has 2 atom stereocenters. The van der Waals surface area contributed by atoms with Crippen LogP contribution >= 0.6 is 0 Å². The van der Waals surface area contributed by atoms with Crippen molar-refractivity contribution in [3.8, 4) is 0 Å². The van der Waals surface area contributed by atoms with Gasteiger partial charge in [0, 0.05) is 25.1 Å². The maximum Gasteiger partial charge on any atom is 0.148 e. The summed E-state index contributed by atoms with van der Waals surface area (Å²) in [7, 11) is 2.10. The lowest BCUT2D eigenvalue weighted by Crippen LogP contribution is -2.25. The summed E-state index contributed by atoms with van der Waals surface area (Å²) in [6, 6.07) is 0. The van der Waals surface area contributed by atoms with Crippen molar-refractivity contribution in [2.75, 3.05) is 23.9 Å². The molecule has 5 nitrogen and oxygen atoms in total. The molecule has 1 heterocycles. The number of nitrogens with zero attached hydrogens (tertiary/aromatic N) is 3. The summed E-state index contributed by atoms with van der Waals surface area (Å²) in [4.78, 5) is 11.4. The molecule has 0 bridgehead atoms. The summed E-state index contributed by atoms with van der Waals surface area (Å²) in [6.07, 6.45) is 1.33. The van der Waals surface area contributed by atoms with Crippen molar-refractivity contribution in [3.63, 3.8) is 0 Å². The van der Waals surface area contributed by atoms with Gasteiger partial charge in [0.25, 0.3) is 0 Å². The van der Waals surface area contributed by atoms with E-state index in [1.54, 1.807) is 0 Å². The summed E-state index contributed by atoms with van der Waals surface area (Å²) >= 11 is 0. The van der Waals surface area contributed by atoms with Crippen LogP contribution in [-0.4, -0.2) is 23.6 Å². The molecule has 1 aliphatic rings. The number of hydrogen-bond acceptors (Lipinski definition) is 5. The number of aromatic nitrogens is 2. The molecule has 1 aliphatic carbocycles. The molecule has 1 aromatic rings. The molecular formula is C14H25N5. The van der Waals surface area contributed by atoms with E-state index in [0.717, 1.165) is 41.4 Å². The molecule has 0 aliphatic heterocycles. The molecule has 1 fully saturated rings. The molecule has 1 saturated carbocycles. The molecule has 2 rings (SSSR count). The summed E-state index contributed by atoms with van der Waals surface area (Å²) < 4.78 is 0. The molecule has 2 unspecified atom stereocenters. The molecule has 19 heavy (non-hydrogen) atoms. The average molecular weight is 263 g/mol. The second kappa shape index (κ2) is 5.33. The number of nitrogen functional groups attached to an aromatic ring is 1. The first-order valence-electron chi connectivity index (χ1n) is 7.00. The van der Waals surface area contributed by atoms with Gasteiger partial charge in [0.2, 0.25) is 0 Å². The summed E-state index contributed by atoms with van der Waals surface area (Å²) in [5, 5.41) is 0. The molecule has 0 amide bonds. The largest absolute Gasteiger partial charge is 0.359 e. The standard InChI is InChI=1S/C14H25N5/c1-8(2)12-16-13(18-15)10(4)14(17-12)19(5)7-11-6-9(11)3/h8-9,11H,6-7,15H2,1-5H3,(H,16,17,18). The van der Waals surface area contributed by atoms with Crippen molar-refractivity contribution < 1.29 is 0 Å². The maximum absolute atomic E-state index is 5.57. The van der Waals surface area contributed by atoms with Crippen molar-refractivity contribution in [1.29, 1.82) is 0 Å². The number of hydrogen-bond donors (Lipinski definition) is 2. The summed E-state index contributed by atoms with van der Waals surface area (Å²) in [5.41, 5.74) is 3.70. The van der Waals surface area contributed by atoms with Crippen molar-refractivity contribution in [2.45, 2.75) is 40.0 Å². The van der Waals surface area contributed by atoms with Crippen LogP contribution in [0.15, 0.2) is 0 Å². The van der Waals surface area contributed by atoms with E-state index in [2.05, 4.69) is 43.1 Å². The van der Waals surface area contributed by atoms with Crippen molar-refractivity contribution in [3.05, 3.63) is 11.4 Å². The van der Waals surface area contributed by atoms with Crippen LogP contribution in [0.4, 0.5) is 11.6 Å². The summed E-state index contributed by atoms with van der Waals surface area (Å²) in [6.45, 7) is 9.56. The van der Waals surface area contributed by atoms with E-state index in [4.69, 9.17) is 10.8 Å². The zero-order chi connectivity index (χ0) is 14.2. The third kappa shape index (κ3) is 2.97. The fraction of sp³-hybridized carbons (Fsp3) is 0.714. The van der Waals surface area contributed by atoms with Gasteiger partial charge in [0.1, 0.15) is 17.5 Å². The quantitative estimate of drug-likeness (QED) is 0.630. The normalized spacial score (nSPS) is 21.6. The topological polar surface area (TPSA) is 67.1 Å². The Morgan fingerprint density at radius 3 is 2.53 bits per heavy atom. The monoisotopic (exact) mass is 263 g/mol. The van der Waals surface area contributed by atoms with Gasteiger partial charge < -0.3 is 10.3 Å². The van der Waals surface area contributed by atoms with E-state index in [1.807, 2.05) is 6.92 Å². The van der Waals surface area contributed by atoms with Crippen LogP contribution in [0.1, 0.15) is 44.5 Å². The third-order valence-electron chi connectivity index (χ3n) is 3.94. The van der Waals surface area contributed by atoms with Crippen LogP contribution in [0.3, 0.4) is 0 Å². The van der Waals surface area contributed by atoms with Gasteiger partial charge in [-0.25, -0.2) is 15.8 Å². The third-order valence-corrected chi connectivity index (χ3v) is 3.94. The molecule has 0 radical (unpaired) electrons. The molecular weight excluding hydrogens is 238 g/mol.